The van der Waals surface area contributed by atoms with Crippen molar-refractivity contribution in [2.75, 3.05) is 26.7 Å². The Bertz CT molecular complexity index is 713. The summed E-state index contributed by atoms with van der Waals surface area (Å²) >= 11 is 1.70. The zero-order chi connectivity index (χ0) is 18.1. The van der Waals surface area contributed by atoms with Gasteiger partial charge in [0.1, 0.15) is 0 Å². The molecule has 1 aliphatic heterocycles. The number of nitrogens with one attached hydrogen (secondary N) is 2. The molecule has 4 unspecified atom stereocenters. The van der Waals surface area contributed by atoms with E-state index in [2.05, 4.69) is 44.6 Å². The molecule has 2 aliphatic carbocycles. The number of guanidine groups is 1. The minimum Gasteiger partial charge on any atom is -0.356 e. The number of fused-ring (bicyclic) bond motifs is 5. The van der Waals surface area contributed by atoms with E-state index >= 15 is 0 Å². The molecule has 4 atom stereocenters. The second kappa shape index (κ2) is 7.23. The molecule has 1 saturated heterocycles. The quantitative estimate of drug-likeness (QED) is 0.341. The molecule has 1 aromatic rings. The summed E-state index contributed by atoms with van der Waals surface area (Å²) in [5.41, 5.74) is 1.31. The topological polar surface area (TPSA) is 73.8 Å². The smallest absolute Gasteiger partial charge is 0.233 e. The molecule has 3 aliphatic rings. The van der Waals surface area contributed by atoms with Crippen LogP contribution < -0.4 is 10.6 Å². The minimum absolute atomic E-state index is 0.0130. The Morgan fingerprint density at radius 3 is 2.50 bits per heavy atom. The third-order valence-electron chi connectivity index (χ3n) is 5.70. The standard InChI is InChI=1S/C19H24N4O2S/c1-20-19(21-6-4-12-5-9-26-11-12)22-7-8-23-17(24)15-13-2-3-14(10-13)16(15)18(23)25/h2-3,5,9,11,13-16H,4,6-8,10H2,1H3,(H2,20,21,22). The van der Waals surface area contributed by atoms with Gasteiger partial charge in [0, 0.05) is 26.7 Å². The first kappa shape index (κ1) is 17.3. The highest BCUT2D eigenvalue weighted by Crippen LogP contribution is 2.52. The fourth-order valence-electron chi connectivity index (χ4n) is 4.45. The van der Waals surface area contributed by atoms with Crippen LogP contribution in [-0.2, 0) is 16.0 Å². The molecule has 0 spiro atoms. The van der Waals surface area contributed by atoms with Crippen molar-refractivity contribution >= 4 is 29.1 Å². The number of likely N-dealkylation sites (tertiary alicyclic amines) is 1. The number of hydrogen-bond donors (Lipinski definition) is 2. The summed E-state index contributed by atoms with van der Waals surface area (Å²) in [6.07, 6.45) is 6.15. The van der Waals surface area contributed by atoms with Crippen LogP contribution in [0.5, 0.6) is 0 Å². The first-order valence-electron chi connectivity index (χ1n) is 9.18. The van der Waals surface area contributed by atoms with Crippen molar-refractivity contribution < 1.29 is 9.59 Å². The van der Waals surface area contributed by atoms with Crippen LogP contribution in [0.4, 0.5) is 0 Å². The van der Waals surface area contributed by atoms with E-state index in [1.54, 1.807) is 18.4 Å². The molecule has 0 aromatic carbocycles. The third kappa shape index (κ3) is 3.05. The zero-order valence-electron chi connectivity index (χ0n) is 14.9. The van der Waals surface area contributed by atoms with E-state index in [9.17, 15) is 9.59 Å². The van der Waals surface area contributed by atoms with E-state index in [1.165, 1.54) is 10.5 Å². The molecule has 1 aromatic heterocycles. The van der Waals surface area contributed by atoms with Crippen molar-refractivity contribution in [3.63, 3.8) is 0 Å². The molecular weight excluding hydrogens is 348 g/mol. The Morgan fingerprint density at radius 1 is 1.19 bits per heavy atom. The van der Waals surface area contributed by atoms with Gasteiger partial charge in [0.25, 0.3) is 0 Å². The Kier molecular flexibility index (Phi) is 4.80. The largest absolute Gasteiger partial charge is 0.356 e. The fraction of sp³-hybridized carbons (Fsp3) is 0.526. The van der Waals surface area contributed by atoms with E-state index in [-0.39, 0.29) is 35.5 Å². The predicted molar refractivity (Wildman–Crippen MR) is 102 cm³/mol. The molecule has 2 N–H and O–H groups in total. The summed E-state index contributed by atoms with van der Waals surface area (Å²) in [6, 6.07) is 2.12. The predicted octanol–water partition coefficient (Wildman–Crippen LogP) is 1.26. The van der Waals surface area contributed by atoms with Crippen molar-refractivity contribution in [3.05, 3.63) is 34.5 Å². The van der Waals surface area contributed by atoms with E-state index in [0.717, 1.165) is 19.4 Å². The number of amides is 2. The van der Waals surface area contributed by atoms with Crippen LogP contribution in [0.25, 0.3) is 0 Å². The summed E-state index contributed by atoms with van der Waals surface area (Å²) in [6.45, 7) is 1.70. The number of carbonyl (C=O) groups excluding carboxylic acids is 2. The van der Waals surface area contributed by atoms with E-state index in [0.29, 0.717) is 19.0 Å². The number of rotatable bonds is 6. The van der Waals surface area contributed by atoms with Crippen molar-refractivity contribution in [1.29, 1.82) is 0 Å². The van der Waals surface area contributed by atoms with Gasteiger partial charge < -0.3 is 10.6 Å². The number of thiophene rings is 1. The average molecular weight is 372 g/mol. The van der Waals surface area contributed by atoms with Gasteiger partial charge in [-0.15, -0.1) is 0 Å². The van der Waals surface area contributed by atoms with Gasteiger partial charge in [-0.2, -0.15) is 11.3 Å². The fourth-order valence-corrected chi connectivity index (χ4v) is 5.15. The minimum atomic E-state index is -0.111. The van der Waals surface area contributed by atoms with Gasteiger partial charge >= 0.3 is 0 Å². The van der Waals surface area contributed by atoms with Gasteiger partial charge in [-0.05, 0) is 47.1 Å². The summed E-state index contributed by atoms with van der Waals surface area (Å²) in [5, 5.41) is 10.7. The summed E-state index contributed by atoms with van der Waals surface area (Å²) < 4.78 is 0. The van der Waals surface area contributed by atoms with Crippen molar-refractivity contribution in [2.24, 2.45) is 28.7 Å². The molecule has 6 nitrogen and oxygen atoms in total. The van der Waals surface area contributed by atoms with E-state index in [4.69, 9.17) is 0 Å². The molecule has 7 heteroatoms. The molecule has 138 valence electrons. The maximum atomic E-state index is 12.6. The van der Waals surface area contributed by atoms with Crippen LogP contribution in [0, 0.1) is 23.7 Å². The average Bonchev–Trinajstić information content (AvgIpc) is 3.41. The number of allylic oxidation sites excluding steroid dienone is 2. The van der Waals surface area contributed by atoms with Crippen LogP contribution in [0.15, 0.2) is 34.0 Å². The van der Waals surface area contributed by atoms with Gasteiger partial charge in [0.15, 0.2) is 5.96 Å². The molecular formula is C19H24N4O2S. The lowest BCUT2D eigenvalue weighted by atomic mass is 9.85. The van der Waals surface area contributed by atoms with Crippen molar-refractivity contribution in [1.82, 2.24) is 15.5 Å². The lowest BCUT2D eigenvalue weighted by molar-refractivity contribution is -0.140. The second-order valence-electron chi connectivity index (χ2n) is 7.14. The monoisotopic (exact) mass is 372 g/mol. The first-order chi connectivity index (χ1) is 12.7. The number of aliphatic imine (C=N–C) groups is 1. The van der Waals surface area contributed by atoms with Crippen LogP contribution in [0.3, 0.4) is 0 Å². The molecule has 2 amide bonds. The van der Waals surface area contributed by atoms with Crippen LogP contribution in [0.1, 0.15) is 12.0 Å². The SMILES string of the molecule is CN=C(NCCc1ccsc1)NCCN1C(=O)C2C3C=CC(C3)C2C1=O. The lowest BCUT2D eigenvalue weighted by Gasteiger charge is -2.18. The zero-order valence-corrected chi connectivity index (χ0v) is 15.7. The van der Waals surface area contributed by atoms with Gasteiger partial charge in [0.2, 0.25) is 11.8 Å². The number of hydrogen-bond acceptors (Lipinski definition) is 4. The summed E-state index contributed by atoms with van der Waals surface area (Å²) in [4.78, 5) is 30.9. The Morgan fingerprint density at radius 2 is 1.88 bits per heavy atom. The molecule has 4 rings (SSSR count). The van der Waals surface area contributed by atoms with Crippen LogP contribution >= 0.6 is 11.3 Å². The normalized spacial score (nSPS) is 29.6. The van der Waals surface area contributed by atoms with Gasteiger partial charge in [-0.1, -0.05) is 12.2 Å². The molecule has 2 bridgehead atoms. The third-order valence-corrected chi connectivity index (χ3v) is 6.43. The number of imide groups is 1. The van der Waals surface area contributed by atoms with Crippen molar-refractivity contribution in [3.8, 4) is 0 Å². The van der Waals surface area contributed by atoms with Crippen molar-refractivity contribution in [2.45, 2.75) is 12.8 Å². The summed E-state index contributed by atoms with van der Waals surface area (Å²) in [5.74, 6) is 1.04. The molecule has 26 heavy (non-hydrogen) atoms. The Balaban J connectivity index is 1.24. The van der Waals surface area contributed by atoms with Crippen LogP contribution in [0.2, 0.25) is 0 Å². The Labute approximate surface area is 157 Å². The number of carbonyl (C=O) groups is 2. The maximum absolute atomic E-state index is 12.6. The molecule has 2 fully saturated rings. The molecule has 2 heterocycles. The summed E-state index contributed by atoms with van der Waals surface area (Å²) in [7, 11) is 1.72. The highest BCUT2D eigenvalue weighted by Gasteiger charge is 2.58. The highest BCUT2D eigenvalue weighted by molar-refractivity contribution is 7.07. The first-order valence-corrected chi connectivity index (χ1v) is 10.1. The molecule has 1 saturated carbocycles. The van der Waals surface area contributed by atoms with Crippen LogP contribution in [-0.4, -0.2) is 49.4 Å². The molecule has 0 radical (unpaired) electrons. The van der Waals surface area contributed by atoms with E-state index in [1.807, 2.05) is 0 Å². The van der Waals surface area contributed by atoms with E-state index < -0.39 is 0 Å². The second-order valence-corrected chi connectivity index (χ2v) is 7.92. The highest BCUT2D eigenvalue weighted by atomic mass is 32.1. The van der Waals surface area contributed by atoms with Gasteiger partial charge in [-0.25, -0.2) is 0 Å². The lowest BCUT2D eigenvalue weighted by Crippen LogP contribution is -2.44. The van der Waals surface area contributed by atoms with Gasteiger partial charge in [0.05, 0.1) is 11.8 Å². The number of nitrogens with zero attached hydrogens (tertiary/aromatic N) is 2. The Hall–Kier alpha value is -2.15. The maximum Gasteiger partial charge on any atom is 0.233 e. The van der Waals surface area contributed by atoms with Gasteiger partial charge in [-0.3, -0.25) is 19.5 Å².